The van der Waals surface area contributed by atoms with Crippen LogP contribution in [-0.4, -0.2) is 31.4 Å². The number of hydrogen-bond donors (Lipinski definition) is 1. The molecule has 140 valence electrons. The van der Waals surface area contributed by atoms with Crippen LogP contribution in [0.1, 0.15) is 49.7 Å². The molecule has 1 heterocycles. The molecule has 25 heavy (non-hydrogen) atoms. The molecule has 1 amide bonds. The fraction of sp³-hybridized carbons (Fsp3) is 0.350. The molecule has 1 N–H and O–H groups in total. The topological polar surface area (TPSA) is 68.3 Å². The number of hydrogen-bond acceptors (Lipinski definition) is 4. The van der Waals surface area contributed by atoms with Crippen LogP contribution < -0.4 is 5.32 Å². The van der Waals surface area contributed by atoms with Gasteiger partial charge < -0.3 is 14.8 Å². The van der Waals surface area contributed by atoms with Gasteiger partial charge in [-0.3, -0.25) is 9.78 Å². The quantitative estimate of drug-likeness (QED) is 0.489. The number of allylic oxidation sites excluding steroid dienone is 2. The van der Waals surface area contributed by atoms with Gasteiger partial charge in [-0.15, -0.1) is 13.2 Å². The van der Waals surface area contributed by atoms with Crippen molar-refractivity contribution in [2.24, 2.45) is 0 Å². The molecular weight excluding hydrogens is 316 g/mol. The van der Waals surface area contributed by atoms with Gasteiger partial charge in [0.05, 0.1) is 0 Å². The Morgan fingerprint density at radius 1 is 1.28 bits per heavy atom. The number of carbonyl (C=O) groups excluding carboxylic acids is 2. The summed E-state index contributed by atoms with van der Waals surface area (Å²) in [5.74, 6) is -0.512. The van der Waals surface area contributed by atoms with E-state index in [1.54, 1.807) is 52.4 Å². The van der Waals surface area contributed by atoms with Crippen molar-refractivity contribution in [2.45, 2.75) is 33.6 Å². The van der Waals surface area contributed by atoms with Crippen LogP contribution in [0.4, 0.5) is 0 Å². The van der Waals surface area contributed by atoms with E-state index in [4.69, 9.17) is 0 Å². The molecule has 1 aromatic heterocycles. The van der Waals surface area contributed by atoms with E-state index in [1.807, 2.05) is 13.8 Å². The van der Waals surface area contributed by atoms with Gasteiger partial charge in [0.15, 0.2) is 0 Å². The largest absolute Gasteiger partial charge is 0.388 e. The highest BCUT2D eigenvalue weighted by Crippen LogP contribution is 2.11. The Morgan fingerprint density at radius 3 is 2.12 bits per heavy atom. The summed E-state index contributed by atoms with van der Waals surface area (Å²) in [5, 5.41) is 2.67. The van der Waals surface area contributed by atoms with Gasteiger partial charge in [-0.25, -0.2) is 0 Å². The predicted octanol–water partition coefficient (Wildman–Crippen LogP) is 4.29. The summed E-state index contributed by atoms with van der Waals surface area (Å²) in [6, 6.07) is 3.32. The van der Waals surface area contributed by atoms with E-state index in [0.29, 0.717) is 11.4 Å². The predicted molar refractivity (Wildman–Crippen MR) is 106 cm³/mol. The highest BCUT2D eigenvalue weighted by molar-refractivity contribution is 5.93. The van der Waals surface area contributed by atoms with Crippen molar-refractivity contribution in [3.8, 4) is 0 Å². The third kappa shape index (κ3) is 12.5. The fourth-order valence-electron chi connectivity index (χ4n) is 1.32. The molecule has 1 aromatic rings. The molecule has 0 aliphatic rings. The minimum absolute atomic E-state index is 0.214. The molecule has 1 rings (SSSR count). The van der Waals surface area contributed by atoms with Crippen molar-refractivity contribution in [1.29, 1.82) is 0 Å². The van der Waals surface area contributed by atoms with Gasteiger partial charge in [0.2, 0.25) is 0 Å². The molecule has 0 radical (unpaired) electrons. The van der Waals surface area contributed by atoms with Crippen molar-refractivity contribution >= 4 is 12.2 Å². The molecule has 0 spiro atoms. The minimum Gasteiger partial charge on any atom is -0.388 e. The van der Waals surface area contributed by atoms with Crippen LogP contribution in [0.5, 0.6) is 0 Å². The molecule has 0 saturated carbocycles. The van der Waals surface area contributed by atoms with Crippen LogP contribution >= 0.6 is 0 Å². The van der Waals surface area contributed by atoms with Gasteiger partial charge in [-0.1, -0.05) is 39.5 Å². The molecule has 5 heteroatoms. The molecular formula is C20H32N2O3. The monoisotopic (exact) mass is 348 g/mol. The zero-order valence-corrected chi connectivity index (χ0v) is 16.3. The van der Waals surface area contributed by atoms with E-state index in [9.17, 15) is 9.59 Å². The Morgan fingerprint density at radius 2 is 1.80 bits per heavy atom. The number of rotatable bonds is 5. The van der Waals surface area contributed by atoms with Crippen molar-refractivity contribution in [3.05, 3.63) is 67.2 Å². The first-order chi connectivity index (χ1) is 12.0. The van der Waals surface area contributed by atoms with Gasteiger partial charge in [-0.05, 0) is 24.6 Å². The number of pyridine rings is 1. The maximum atomic E-state index is 11.8. The van der Waals surface area contributed by atoms with E-state index in [-0.39, 0.29) is 11.8 Å². The van der Waals surface area contributed by atoms with Crippen molar-refractivity contribution in [2.75, 3.05) is 14.2 Å². The Balaban J connectivity index is -0.000000605. The average Bonchev–Trinajstić information content (AvgIpc) is 2.69. The maximum Gasteiger partial charge on any atom is 0.274 e. The molecule has 0 aliphatic carbocycles. The molecule has 0 aliphatic heterocycles. The smallest absolute Gasteiger partial charge is 0.274 e. The summed E-state index contributed by atoms with van der Waals surface area (Å²) in [4.78, 5) is 26.5. The van der Waals surface area contributed by atoms with Crippen molar-refractivity contribution in [1.82, 2.24) is 10.3 Å². The highest BCUT2D eigenvalue weighted by Gasteiger charge is 2.09. The second-order valence-electron chi connectivity index (χ2n) is 4.21. The fourth-order valence-corrected chi connectivity index (χ4v) is 1.32. The van der Waals surface area contributed by atoms with Crippen LogP contribution in [0.2, 0.25) is 0 Å². The highest BCUT2D eigenvalue weighted by atomic mass is 16.4. The van der Waals surface area contributed by atoms with E-state index in [0.717, 1.165) is 11.8 Å². The van der Waals surface area contributed by atoms with E-state index >= 15 is 0 Å². The summed E-state index contributed by atoms with van der Waals surface area (Å²) in [7, 11) is 3.25. The number of nitrogens with zero attached hydrogens (tertiary/aromatic N) is 1. The number of methoxy groups -OCH3 is 1. The molecule has 5 nitrogen and oxygen atoms in total. The lowest BCUT2D eigenvalue weighted by atomic mass is 10.1. The van der Waals surface area contributed by atoms with E-state index in [1.165, 1.54) is 6.20 Å². The lowest BCUT2D eigenvalue weighted by Gasteiger charge is -2.06. The Bertz CT molecular complexity index is 508. The van der Waals surface area contributed by atoms with Crippen LogP contribution in [-0.2, 0) is 9.53 Å². The Hall–Kier alpha value is -2.53. The zero-order chi connectivity index (χ0) is 20.3. The standard InChI is InChI=1S/C14H16N2O2.C2H6O.C2H6.C2H4/c1-4-12(5-2)16-14(18)13-7-6-11(8-15-13)10(3)9-17;1-3-2;2*1-2/h4-10H,1H2,2-3H3,(H,16,18);1-2H3;1-2H3;1-2H2/b12-5+;;;. The SMILES string of the molecule is C=C.C=C/C(=C\C)NC(=O)c1ccc(C(C)C=O)cn1.CC.COC. The van der Waals surface area contributed by atoms with Crippen molar-refractivity contribution in [3.63, 3.8) is 0 Å². The number of amides is 1. The molecule has 1 unspecified atom stereocenters. The summed E-state index contributed by atoms with van der Waals surface area (Å²) in [6.07, 6.45) is 5.68. The molecule has 0 fully saturated rings. The van der Waals surface area contributed by atoms with Crippen molar-refractivity contribution < 1.29 is 14.3 Å². The first-order valence-electron chi connectivity index (χ1n) is 7.95. The lowest BCUT2D eigenvalue weighted by molar-refractivity contribution is -0.108. The van der Waals surface area contributed by atoms with Crippen LogP contribution in [0.3, 0.4) is 0 Å². The summed E-state index contributed by atoms with van der Waals surface area (Å²) >= 11 is 0. The number of nitrogens with one attached hydrogen (secondary N) is 1. The minimum atomic E-state index is -0.298. The van der Waals surface area contributed by atoms with Gasteiger partial charge in [0.1, 0.15) is 12.0 Å². The van der Waals surface area contributed by atoms with Gasteiger partial charge in [-0.2, -0.15) is 0 Å². The second-order valence-corrected chi connectivity index (χ2v) is 4.21. The van der Waals surface area contributed by atoms with E-state index < -0.39 is 0 Å². The van der Waals surface area contributed by atoms with Gasteiger partial charge in [0.25, 0.3) is 5.91 Å². The first-order valence-corrected chi connectivity index (χ1v) is 7.95. The van der Waals surface area contributed by atoms with E-state index in [2.05, 4.69) is 34.8 Å². The Kier molecular flexibility index (Phi) is 21.3. The summed E-state index contributed by atoms with van der Waals surface area (Å²) in [6.45, 7) is 17.2. The number of aromatic nitrogens is 1. The molecule has 0 bridgehead atoms. The number of carbonyl (C=O) groups is 2. The van der Waals surface area contributed by atoms with Crippen LogP contribution in [0.15, 0.2) is 55.9 Å². The normalized spacial score (nSPS) is 10.2. The summed E-state index contributed by atoms with van der Waals surface area (Å²) in [5.41, 5.74) is 1.72. The lowest BCUT2D eigenvalue weighted by Crippen LogP contribution is -2.22. The average molecular weight is 348 g/mol. The molecule has 1 atom stereocenters. The molecule has 0 saturated heterocycles. The van der Waals surface area contributed by atoms with Gasteiger partial charge in [0, 0.05) is 32.0 Å². The number of ether oxygens (including phenoxy) is 1. The van der Waals surface area contributed by atoms with Crippen LogP contribution in [0, 0.1) is 0 Å². The summed E-state index contributed by atoms with van der Waals surface area (Å²) < 4.78 is 4.25. The Labute approximate surface area is 152 Å². The first kappa shape index (κ1) is 27.3. The van der Waals surface area contributed by atoms with Gasteiger partial charge >= 0.3 is 0 Å². The second kappa shape index (κ2) is 19.5. The maximum absolute atomic E-state index is 11.8. The number of aldehydes is 1. The third-order valence-corrected chi connectivity index (χ3v) is 2.54. The zero-order valence-electron chi connectivity index (χ0n) is 16.3. The third-order valence-electron chi connectivity index (χ3n) is 2.54. The van der Waals surface area contributed by atoms with Crippen LogP contribution in [0.25, 0.3) is 0 Å². The molecule has 0 aromatic carbocycles.